The van der Waals surface area contributed by atoms with Gasteiger partial charge in [-0.3, -0.25) is 4.79 Å². The summed E-state index contributed by atoms with van der Waals surface area (Å²) < 4.78 is 39.0. The Bertz CT molecular complexity index is 1000. The SMILES string of the molecule is Cc1nnc(SCC(=O)N2CCN(S(=O)(=O)c3ccc4c(c3)OCCO4)CC2)s1. The van der Waals surface area contributed by atoms with Crippen LogP contribution in [0.4, 0.5) is 0 Å². The molecule has 1 saturated heterocycles. The molecule has 1 aromatic carbocycles. The monoisotopic (exact) mass is 456 g/mol. The van der Waals surface area contributed by atoms with Crippen LogP contribution >= 0.6 is 23.1 Å². The van der Waals surface area contributed by atoms with Crippen molar-refractivity contribution >= 4 is 39.0 Å². The molecule has 0 N–H and O–H groups in total. The first kappa shape index (κ1) is 20.4. The van der Waals surface area contributed by atoms with Gasteiger partial charge < -0.3 is 14.4 Å². The summed E-state index contributed by atoms with van der Waals surface area (Å²) in [5, 5.41) is 8.79. The number of carbonyl (C=O) groups is 1. The Morgan fingerprint density at radius 1 is 1.14 bits per heavy atom. The van der Waals surface area contributed by atoms with Crippen LogP contribution in [0.5, 0.6) is 11.5 Å². The molecule has 9 nitrogen and oxygen atoms in total. The molecule has 156 valence electrons. The summed E-state index contributed by atoms with van der Waals surface area (Å²) >= 11 is 2.81. The highest BCUT2D eigenvalue weighted by molar-refractivity contribution is 8.01. The van der Waals surface area contributed by atoms with Crippen molar-refractivity contribution in [1.82, 2.24) is 19.4 Å². The summed E-state index contributed by atoms with van der Waals surface area (Å²) in [5.74, 6) is 1.23. The van der Waals surface area contributed by atoms with Crippen LogP contribution in [0, 0.1) is 6.92 Å². The minimum atomic E-state index is -3.66. The molecule has 0 radical (unpaired) electrons. The van der Waals surface area contributed by atoms with E-state index in [-0.39, 0.29) is 29.6 Å². The zero-order valence-corrected chi connectivity index (χ0v) is 18.2. The molecular formula is C17H20N4O5S3. The van der Waals surface area contributed by atoms with E-state index in [1.807, 2.05) is 6.92 Å². The molecule has 4 rings (SSSR count). The zero-order valence-electron chi connectivity index (χ0n) is 15.7. The van der Waals surface area contributed by atoms with Crippen LogP contribution in [0.2, 0.25) is 0 Å². The topological polar surface area (TPSA) is 102 Å². The van der Waals surface area contributed by atoms with Gasteiger partial charge in [0, 0.05) is 32.2 Å². The third-order valence-electron chi connectivity index (χ3n) is 4.57. The standard InChI is InChI=1S/C17H20N4O5S3/c1-12-18-19-17(28-12)27-11-16(22)20-4-6-21(7-5-20)29(23,24)13-2-3-14-15(10-13)26-9-8-25-14/h2-3,10H,4-9,11H2,1H3. The predicted molar refractivity (Wildman–Crippen MR) is 108 cm³/mol. The van der Waals surface area contributed by atoms with E-state index in [1.165, 1.54) is 39.5 Å². The maximum atomic E-state index is 13.0. The summed E-state index contributed by atoms with van der Waals surface area (Å²) in [6.45, 7) is 3.94. The molecule has 0 bridgehead atoms. The molecule has 2 aromatic rings. The highest BCUT2D eigenvalue weighted by Crippen LogP contribution is 2.33. The fourth-order valence-electron chi connectivity index (χ4n) is 3.06. The van der Waals surface area contributed by atoms with E-state index >= 15 is 0 Å². The third-order valence-corrected chi connectivity index (χ3v) is 8.42. The van der Waals surface area contributed by atoms with E-state index in [2.05, 4.69) is 10.2 Å². The van der Waals surface area contributed by atoms with Crippen molar-refractivity contribution in [2.24, 2.45) is 0 Å². The van der Waals surface area contributed by atoms with Crippen molar-refractivity contribution in [3.63, 3.8) is 0 Å². The van der Waals surface area contributed by atoms with Crippen LogP contribution in [0.1, 0.15) is 5.01 Å². The fraction of sp³-hybridized carbons (Fsp3) is 0.471. The lowest BCUT2D eigenvalue weighted by atomic mass is 10.3. The molecule has 1 amide bonds. The maximum Gasteiger partial charge on any atom is 0.243 e. The smallest absolute Gasteiger partial charge is 0.243 e. The lowest BCUT2D eigenvalue weighted by Gasteiger charge is -2.34. The van der Waals surface area contributed by atoms with Gasteiger partial charge in [0.15, 0.2) is 15.8 Å². The number of rotatable bonds is 5. The first-order chi connectivity index (χ1) is 13.9. The normalized spacial score (nSPS) is 17.3. The molecule has 0 spiro atoms. The van der Waals surface area contributed by atoms with Crippen molar-refractivity contribution in [1.29, 1.82) is 0 Å². The van der Waals surface area contributed by atoms with Crippen molar-refractivity contribution in [2.45, 2.75) is 16.2 Å². The molecule has 2 aliphatic heterocycles. The Balaban J connectivity index is 1.35. The van der Waals surface area contributed by atoms with Crippen molar-refractivity contribution in [3.8, 4) is 11.5 Å². The van der Waals surface area contributed by atoms with Crippen LogP contribution in [0.3, 0.4) is 0 Å². The zero-order chi connectivity index (χ0) is 20.4. The van der Waals surface area contributed by atoms with E-state index < -0.39 is 10.0 Å². The number of benzene rings is 1. The summed E-state index contributed by atoms with van der Waals surface area (Å²) in [6.07, 6.45) is 0. The van der Waals surface area contributed by atoms with Crippen molar-refractivity contribution in [3.05, 3.63) is 23.2 Å². The number of sulfonamides is 1. The summed E-state index contributed by atoms with van der Waals surface area (Å²) in [7, 11) is -3.66. The Labute approximate surface area is 177 Å². The molecule has 1 aromatic heterocycles. The third kappa shape index (κ3) is 4.49. The van der Waals surface area contributed by atoms with Gasteiger partial charge in [-0.05, 0) is 19.1 Å². The average molecular weight is 457 g/mol. The molecule has 1 fully saturated rings. The maximum absolute atomic E-state index is 13.0. The number of aryl methyl sites for hydroxylation is 1. The van der Waals surface area contributed by atoms with Crippen LogP contribution in [-0.4, -0.2) is 78.9 Å². The Morgan fingerprint density at radius 3 is 2.55 bits per heavy atom. The minimum absolute atomic E-state index is 0.0285. The number of aromatic nitrogens is 2. The number of thioether (sulfide) groups is 1. The van der Waals surface area contributed by atoms with E-state index in [4.69, 9.17) is 9.47 Å². The van der Waals surface area contributed by atoms with Gasteiger partial charge in [0.2, 0.25) is 15.9 Å². The highest BCUT2D eigenvalue weighted by atomic mass is 32.2. The van der Waals surface area contributed by atoms with Crippen LogP contribution in [-0.2, 0) is 14.8 Å². The number of carbonyl (C=O) groups excluding carboxylic acids is 1. The van der Waals surface area contributed by atoms with Crippen molar-refractivity contribution < 1.29 is 22.7 Å². The second-order valence-corrected chi connectivity index (χ2v) is 10.8. The quantitative estimate of drug-likeness (QED) is 0.620. The second-order valence-electron chi connectivity index (χ2n) is 6.47. The fourth-order valence-corrected chi connectivity index (χ4v) is 6.22. The van der Waals surface area contributed by atoms with E-state index in [0.717, 1.165) is 9.35 Å². The predicted octanol–water partition coefficient (Wildman–Crippen LogP) is 1.24. The van der Waals surface area contributed by atoms with Gasteiger partial charge in [0.05, 0.1) is 10.6 Å². The Kier molecular flexibility index (Phi) is 5.95. The van der Waals surface area contributed by atoms with Gasteiger partial charge in [-0.25, -0.2) is 8.42 Å². The Hall–Kier alpha value is -1.89. The van der Waals surface area contributed by atoms with E-state index in [1.54, 1.807) is 11.0 Å². The Morgan fingerprint density at radius 2 is 1.86 bits per heavy atom. The number of ether oxygens (including phenoxy) is 2. The van der Waals surface area contributed by atoms with Gasteiger partial charge in [0.1, 0.15) is 18.2 Å². The van der Waals surface area contributed by atoms with Gasteiger partial charge in [0.25, 0.3) is 0 Å². The van der Waals surface area contributed by atoms with Crippen LogP contribution in [0.15, 0.2) is 27.4 Å². The van der Waals surface area contributed by atoms with Gasteiger partial charge in [-0.1, -0.05) is 23.1 Å². The molecule has 29 heavy (non-hydrogen) atoms. The first-order valence-electron chi connectivity index (χ1n) is 9.04. The number of hydrogen-bond donors (Lipinski definition) is 0. The molecule has 0 atom stereocenters. The lowest BCUT2D eigenvalue weighted by molar-refractivity contribution is -0.129. The highest BCUT2D eigenvalue weighted by Gasteiger charge is 2.31. The summed E-state index contributed by atoms with van der Waals surface area (Å²) in [5.41, 5.74) is 0. The van der Waals surface area contributed by atoms with Gasteiger partial charge in [-0.15, -0.1) is 10.2 Å². The molecule has 0 aliphatic carbocycles. The molecule has 12 heteroatoms. The molecule has 0 unspecified atom stereocenters. The van der Waals surface area contributed by atoms with Gasteiger partial charge in [-0.2, -0.15) is 4.31 Å². The van der Waals surface area contributed by atoms with E-state index in [9.17, 15) is 13.2 Å². The number of hydrogen-bond acceptors (Lipinski definition) is 9. The summed E-state index contributed by atoms with van der Waals surface area (Å²) in [6, 6.07) is 4.65. The number of nitrogens with zero attached hydrogens (tertiary/aromatic N) is 4. The minimum Gasteiger partial charge on any atom is -0.486 e. The summed E-state index contributed by atoms with van der Waals surface area (Å²) in [4.78, 5) is 14.3. The number of piperazine rings is 1. The molecule has 3 heterocycles. The largest absolute Gasteiger partial charge is 0.486 e. The lowest BCUT2D eigenvalue weighted by Crippen LogP contribution is -2.50. The molecule has 0 saturated carbocycles. The van der Waals surface area contributed by atoms with Crippen LogP contribution in [0.25, 0.3) is 0 Å². The second kappa shape index (κ2) is 8.46. The average Bonchev–Trinajstić information content (AvgIpc) is 3.17. The van der Waals surface area contributed by atoms with E-state index in [0.29, 0.717) is 37.8 Å². The first-order valence-corrected chi connectivity index (χ1v) is 12.3. The molecule has 2 aliphatic rings. The molecular weight excluding hydrogens is 436 g/mol. The number of amides is 1. The van der Waals surface area contributed by atoms with Gasteiger partial charge >= 0.3 is 0 Å². The van der Waals surface area contributed by atoms with Crippen molar-refractivity contribution in [2.75, 3.05) is 45.1 Å². The van der Waals surface area contributed by atoms with Crippen LogP contribution < -0.4 is 9.47 Å². The number of fused-ring (bicyclic) bond motifs is 1.